The van der Waals surface area contributed by atoms with E-state index in [2.05, 4.69) is 15.1 Å². The summed E-state index contributed by atoms with van der Waals surface area (Å²) in [7, 11) is -3.68. The molecule has 1 aromatic heterocycles. The van der Waals surface area contributed by atoms with Gasteiger partial charge in [-0.15, -0.1) is 0 Å². The van der Waals surface area contributed by atoms with E-state index in [9.17, 15) is 8.42 Å². The molecule has 0 spiro atoms. The van der Waals surface area contributed by atoms with Gasteiger partial charge in [0.1, 0.15) is 4.90 Å². The number of anilines is 3. The quantitative estimate of drug-likeness (QED) is 0.624. The van der Waals surface area contributed by atoms with Gasteiger partial charge in [0.05, 0.1) is 11.7 Å². The number of aryl methyl sites for hydroxylation is 1. The molecule has 146 valence electrons. The van der Waals surface area contributed by atoms with E-state index in [1.807, 2.05) is 47.1 Å². The second kappa shape index (κ2) is 7.67. The Balaban J connectivity index is 1.48. The van der Waals surface area contributed by atoms with Gasteiger partial charge in [-0.2, -0.15) is 5.10 Å². The molecule has 1 aliphatic rings. The molecule has 1 aliphatic carbocycles. The van der Waals surface area contributed by atoms with Gasteiger partial charge in [-0.3, -0.25) is 9.40 Å². The lowest BCUT2D eigenvalue weighted by atomic mass is 10.2. The van der Waals surface area contributed by atoms with E-state index < -0.39 is 10.0 Å². The summed E-state index contributed by atoms with van der Waals surface area (Å²) in [6, 6.07) is 17.3. The topological polar surface area (TPSA) is 76.0 Å². The predicted octanol–water partition coefficient (Wildman–Crippen LogP) is 4.85. The lowest BCUT2D eigenvalue weighted by Gasteiger charge is -2.10. The second-order valence-corrected chi connectivity index (χ2v) is 8.82. The molecule has 0 atom stereocenters. The van der Waals surface area contributed by atoms with Crippen molar-refractivity contribution in [1.82, 2.24) is 9.78 Å². The van der Waals surface area contributed by atoms with E-state index in [1.54, 1.807) is 25.3 Å². The number of aromatic nitrogens is 2. The van der Waals surface area contributed by atoms with Gasteiger partial charge in [-0.05, 0) is 56.2 Å². The minimum atomic E-state index is -3.68. The van der Waals surface area contributed by atoms with E-state index in [0.29, 0.717) is 17.4 Å². The van der Waals surface area contributed by atoms with Gasteiger partial charge in [0.15, 0.2) is 0 Å². The summed E-state index contributed by atoms with van der Waals surface area (Å²) >= 11 is 0. The monoisotopic (exact) mass is 396 g/mol. The Labute approximate surface area is 165 Å². The smallest absolute Gasteiger partial charge is 0.265 e. The van der Waals surface area contributed by atoms with Crippen LogP contribution >= 0.6 is 0 Å². The summed E-state index contributed by atoms with van der Waals surface area (Å²) in [6.07, 6.45) is 6.13. The summed E-state index contributed by atoms with van der Waals surface area (Å²) in [6.45, 7) is 1.74. The molecule has 28 heavy (non-hydrogen) atoms. The molecule has 6 nitrogen and oxygen atoms in total. The molecule has 0 unspecified atom stereocenters. The molecule has 2 aromatic carbocycles. The third-order valence-corrected chi connectivity index (χ3v) is 6.54. The van der Waals surface area contributed by atoms with Crippen LogP contribution in [-0.2, 0) is 10.0 Å². The largest absolute Gasteiger partial charge is 0.356 e. The zero-order chi connectivity index (χ0) is 19.6. The van der Waals surface area contributed by atoms with E-state index in [0.717, 1.165) is 24.2 Å². The van der Waals surface area contributed by atoms with E-state index in [1.165, 1.54) is 12.8 Å². The highest BCUT2D eigenvalue weighted by Gasteiger charge is 2.24. The SMILES string of the molecule is Cc1nn(C2CCCC2)cc1S(=O)(=O)Nc1ccc(Nc2ccccc2)cc1. The summed E-state index contributed by atoms with van der Waals surface area (Å²) in [5.74, 6) is 0. The molecule has 1 saturated carbocycles. The number of hydrogen-bond donors (Lipinski definition) is 2. The van der Waals surface area contributed by atoms with E-state index >= 15 is 0 Å². The molecule has 0 aliphatic heterocycles. The summed E-state index contributed by atoms with van der Waals surface area (Å²) in [5, 5.41) is 7.73. The lowest BCUT2D eigenvalue weighted by molar-refractivity contribution is 0.464. The maximum Gasteiger partial charge on any atom is 0.265 e. The number of para-hydroxylation sites is 1. The Hall–Kier alpha value is -2.80. The Morgan fingerprint density at radius 2 is 1.54 bits per heavy atom. The van der Waals surface area contributed by atoms with Crippen LogP contribution in [0.1, 0.15) is 37.4 Å². The molecule has 2 N–H and O–H groups in total. The Bertz CT molecular complexity index is 1040. The minimum Gasteiger partial charge on any atom is -0.356 e. The molecule has 0 saturated heterocycles. The molecule has 0 radical (unpaired) electrons. The van der Waals surface area contributed by atoms with Crippen molar-refractivity contribution < 1.29 is 8.42 Å². The van der Waals surface area contributed by atoms with E-state index in [-0.39, 0.29) is 4.90 Å². The zero-order valence-electron chi connectivity index (χ0n) is 15.8. The highest BCUT2D eigenvalue weighted by Crippen LogP contribution is 2.30. The normalized spacial score (nSPS) is 14.9. The van der Waals surface area contributed by atoms with Gasteiger partial charge in [0, 0.05) is 23.3 Å². The van der Waals surface area contributed by atoms with Gasteiger partial charge in [-0.25, -0.2) is 8.42 Å². The highest BCUT2D eigenvalue weighted by atomic mass is 32.2. The van der Waals surface area contributed by atoms with E-state index in [4.69, 9.17) is 0 Å². The molecule has 3 aromatic rings. The Kier molecular flexibility index (Phi) is 5.09. The number of benzene rings is 2. The number of hydrogen-bond acceptors (Lipinski definition) is 4. The van der Waals surface area contributed by atoms with Crippen molar-refractivity contribution in [3.8, 4) is 0 Å². The Morgan fingerprint density at radius 3 is 2.21 bits per heavy atom. The van der Waals surface area contributed by atoms with Crippen LogP contribution < -0.4 is 10.0 Å². The molecule has 1 fully saturated rings. The number of nitrogens with zero attached hydrogens (tertiary/aromatic N) is 2. The number of nitrogens with one attached hydrogen (secondary N) is 2. The highest BCUT2D eigenvalue weighted by molar-refractivity contribution is 7.92. The first-order valence-corrected chi connectivity index (χ1v) is 11.0. The van der Waals surface area contributed by atoms with Crippen LogP contribution in [0, 0.1) is 6.92 Å². The van der Waals surface area contributed by atoms with Crippen molar-refractivity contribution in [3.63, 3.8) is 0 Å². The standard InChI is InChI=1S/C21H24N4O2S/c1-16-21(15-25(23-16)20-9-5-6-10-20)28(26,27)24-19-13-11-18(12-14-19)22-17-7-3-2-4-8-17/h2-4,7-8,11-15,20,22,24H,5-6,9-10H2,1H3. The summed E-state index contributed by atoms with van der Waals surface area (Å²) in [5.41, 5.74) is 2.92. The van der Waals surface area contributed by atoms with Gasteiger partial charge in [0.2, 0.25) is 0 Å². The summed E-state index contributed by atoms with van der Waals surface area (Å²) < 4.78 is 30.2. The fraction of sp³-hybridized carbons (Fsp3) is 0.286. The van der Waals surface area contributed by atoms with Gasteiger partial charge < -0.3 is 5.32 Å². The summed E-state index contributed by atoms with van der Waals surface area (Å²) in [4.78, 5) is 0.242. The van der Waals surface area contributed by atoms with Gasteiger partial charge in [0.25, 0.3) is 10.0 Å². The van der Waals surface area contributed by atoms with Crippen molar-refractivity contribution in [2.45, 2.75) is 43.5 Å². The van der Waals surface area contributed by atoms with Crippen LogP contribution in [0.3, 0.4) is 0 Å². The molecular formula is C21H24N4O2S. The molecule has 0 amide bonds. The van der Waals surface area contributed by atoms with Crippen molar-refractivity contribution in [2.75, 3.05) is 10.0 Å². The van der Waals surface area contributed by atoms with Crippen molar-refractivity contribution in [3.05, 3.63) is 66.5 Å². The van der Waals surface area contributed by atoms with Crippen molar-refractivity contribution in [1.29, 1.82) is 0 Å². The molecule has 7 heteroatoms. The second-order valence-electron chi connectivity index (χ2n) is 7.17. The van der Waals surface area contributed by atoms with Crippen LogP contribution in [0.25, 0.3) is 0 Å². The third kappa shape index (κ3) is 4.04. The molecule has 0 bridgehead atoms. The zero-order valence-corrected chi connectivity index (χ0v) is 16.6. The first-order chi connectivity index (χ1) is 13.5. The fourth-order valence-electron chi connectivity index (χ4n) is 3.60. The first kappa shape index (κ1) is 18.6. The first-order valence-electron chi connectivity index (χ1n) is 9.52. The fourth-order valence-corrected chi connectivity index (χ4v) is 4.84. The molecule has 4 rings (SSSR count). The number of rotatable bonds is 6. The third-order valence-electron chi connectivity index (χ3n) is 5.06. The molecule has 1 heterocycles. The maximum absolute atomic E-state index is 12.8. The van der Waals surface area contributed by atoms with Crippen molar-refractivity contribution in [2.24, 2.45) is 0 Å². The average molecular weight is 397 g/mol. The van der Waals surface area contributed by atoms with Gasteiger partial charge >= 0.3 is 0 Å². The van der Waals surface area contributed by atoms with Crippen LogP contribution in [0.2, 0.25) is 0 Å². The average Bonchev–Trinajstić information content (AvgIpc) is 3.34. The lowest BCUT2D eigenvalue weighted by Crippen LogP contribution is -2.13. The van der Waals surface area contributed by atoms with Crippen LogP contribution in [0.4, 0.5) is 17.1 Å². The van der Waals surface area contributed by atoms with Crippen LogP contribution in [-0.4, -0.2) is 18.2 Å². The van der Waals surface area contributed by atoms with Crippen molar-refractivity contribution >= 4 is 27.1 Å². The minimum absolute atomic E-state index is 0.242. The van der Waals surface area contributed by atoms with Crippen LogP contribution in [0.15, 0.2) is 65.7 Å². The predicted molar refractivity (Wildman–Crippen MR) is 111 cm³/mol. The number of sulfonamides is 1. The molecular weight excluding hydrogens is 372 g/mol. The Morgan fingerprint density at radius 1 is 0.929 bits per heavy atom. The van der Waals surface area contributed by atoms with Gasteiger partial charge in [-0.1, -0.05) is 31.0 Å². The van der Waals surface area contributed by atoms with Crippen LogP contribution in [0.5, 0.6) is 0 Å². The maximum atomic E-state index is 12.8.